The summed E-state index contributed by atoms with van der Waals surface area (Å²) >= 11 is 0. The minimum absolute atomic E-state index is 0.277. The zero-order valence-electron chi connectivity index (χ0n) is 13.6. The maximum atomic E-state index is 12.7. The van der Waals surface area contributed by atoms with E-state index in [0.29, 0.717) is 11.5 Å². The summed E-state index contributed by atoms with van der Waals surface area (Å²) < 4.78 is 2.43. The highest BCUT2D eigenvalue weighted by Crippen LogP contribution is 2.22. The van der Waals surface area contributed by atoms with Crippen LogP contribution < -0.4 is 5.56 Å². The monoisotopic (exact) mass is 346 g/mol. The zero-order chi connectivity index (χ0) is 18.1. The fourth-order valence-electron chi connectivity index (χ4n) is 2.78. The van der Waals surface area contributed by atoms with Crippen molar-refractivity contribution < 1.29 is 9.90 Å². The van der Waals surface area contributed by atoms with Crippen molar-refractivity contribution in [2.75, 3.05) is 0 Å². The summed E-state index contributed by atoms with van der Waals surface area (Å²) in [6.45, 7) is -0.513. The van der Waals surface area contributed by atoms with Gasteiger partial charge in [0.2, 0.25) is 0 Å². The van der Waals surface area contributed by atoms with Gasteiger partial charge >= 0.3 is 5.97 Å². The van der Waals surface area contributed by atoms with Gasteiger partial charge in [-0.15, -0.1) is 5.10 Å². The minimum atomic E-state index is -1.13. The van der Waals surface area contributed by atoms with Gasteiger partial charge in [-0.2, -0.15) is 5.10 Å². The number of aromatic nitrogens is 4. The lowest BCUT2D eigenvalue weighted by molar-refractivity contribution is -0.137. The van der Waals surface area contributed by atoms with Crippen LogP contribution in [-0.4, -0.2) is 30.5 Å². The lowest BCUT2D eigenvalue weighted by atomic mass is 10.1. The second kappa shape index (κ2) is 6.29. The lowest BCUT2D eigenvalue weighted by Gasteiger charge is -2.08. The number of hydrogen-bond donors (Lipinski definition) is 1. The number of hydrogen-bond acceptors (Lipinski definition) is 4. The van der Waals surface area contributed by atoms with E-state index in [-0.39, 0.29) is 5.52 Å². The van der Waals surface area contributed by atoms with Gasteiger partial charge in [0.05, 0.1) is 5.69 Å². The fourth-order valence-corrected chi connectivity index (χ4v) is 2.78. The first-order valence-corrected chi connectivity index (χ1v) is 7.97. The molecular formula is C19H14N4O3. The second-order valence-corrected chi connectivity index (χ2v) is 5.74. The van der Waals surface area contributed by atoms with Gasteiger partial charge in [0, 0.05) is 11.1 Å². The van der Waals surface area contributed by atoms with Crippen molar-refractivity contribution in [2.24, 2.45) is 0 Å². The van der Waals surface area contributed by atoms with Gasteiger partial charge in [-0.25, -0.2) is 9.20 Å². The first-order valence-electron chi connectivity index (χ1n) is 7.97. The molecule has 0 aliphatic rings. The van der Waals surface area contributed by atoms with E-state index in [1.807, 2.05) is 60.7 Å². The second-order valence-electron chi connectivity index (χ2n) is 5.74. The molecule has 2 aromatic heterocycles. The number of rotatable bonds is 4. The minimum Gasteiger partial charge on any atom is -0.480 e. The van der Waals surface area contributed by atoms with Crippen LogP contribution in [0.2, 0.25) is 0 Å². The van der Waals surface area contributed by atoms with Crippen molar-refractivity contribution >= 4 is 11.5 Å². The highest BCUT2D eigenvalue weighted by atomic mass is 16.4. The molecule has 7 heteroatoms. The molecule has 26 heavy (non-hydrogen) atoms. The molecule has 0 spiro atoms. The number of carboxylic acids is 1. The Morgan fingerprint density at radius 3 is 2.15 bits per heavy atom. The Hall–Kier alpha value is -3.74. The molecule has 0 aliphatic carbocycles. The average Bonchev–Trinajstić information content (AvgIpc) is 3.11. The van der Waals surface area contributed by atoms with Crippen LogP contribution in [-0.2, 0) is 11.3 Å². The highest BCUT2D eigenvalue weighted by Gasteiger charge is 2.17. The van der Waals surface area contributed by atoms with Crippen LogP contribution >= 0.6 is 0 Å². The summed E-state index contributed by atoms with van der Waals surface area (Å²) in [5, 5.41) is 17.9. The molecule has 0 amide bonds. The predicted octanol–water partition coefficient (Wildman–Crippen LogP) is 2.31. The van der Waals surface area contributed by atoms with E-state index in [0.717, 1.165) is 15.8 Å². The summed E-state index contributed by atoms with van der Waals surface area (Å²) in [4.78, 5) is 23.8. The first-order chi connectivity index (χ1) is 12.6. The summed E-state index contributed by atoms with van der Waals surface area (Å²) in [5.74, 6) is -0.727. The zero-order valence-corrected chi connectivity index (χ0v) is 13.6. The van der Waals surface area contributed by atoms with Gasteiger partial charge in [-0.05, 0) is 6.07 Å². The SMILES string of the molecule is O=C(O)Cn1nc(-c2ccccc2)n2nc(-c3ccccc3)cc2c1=O. The van der Waals surface area contributed by atoms with Gasteiger partial charge in [0.1, 0.15) is 12.1 Å². The Balaban J connectivity index is 2.02. The third kappa shape index (κ3) is 2.75. The number of carboxylic acid groups (broad SMARTS) is 1. The van der Waals surface area contributed by atoms with Gasteiger partial charge < -0.3 is 5.11 Å². The molecule has 128 valence electrons. The van der Waals surface area contributed by atoms with Crippen molar-refractivity contribution in [3.63, 3.8) is 0 Å². The quantitative estimate of drug-likeness (QED) is 0.612. The van der Waals surface area contributed by atoms with Crippen LogP contribution in [0.5, 0.6) is 0 Å². The van der Waals surface area contributed by atoms with Gasteiger partial charge in [-0.1, -0.05) is 60.7 Å². The first kappa shape index (κ1) is 15.8. The van der Waals surface area contributed by atoms with Crippen molar-refractivity contribution in [2.45, 2.75) is 6.54 Å². The molecule has 0 fully saturated rings. The fraction of sp³-hybridized carbons (Fsp3) is 0.0526. The Labute approximate surface area is 147 Å². The van der Waals surface area contributed by atoms with E-state index < -0.39 is 18.1 Å². The maximum absolute atomic E-state index is 12.7. The van der Waals surface area contributed by atoms with Crippen LogP contribution in [0.3, 0.4) is 0 Å². The molecule has 0 radical (unpaired) electrons. The van der Waals surface area contributed by atoms with Crippen LogP contribution in [0.25, 0.3) is 28.2 Å². The number of fused-ring (bicyclic) bond motifs is 1. The topological polar surface area (TPSA) is 89.5 Å². The Morgan fingerprint density at radius 1 is 0.923 bits per heavy atom. The van der Waals surface area contributed by atoms with Crippen molar-refractivity contribution in [1.29, 1.82) is 0 Å². The molecule has 1 N–H and O–H groups in total. The van der Waals surface area contributed by atoms with E-state index in [1.165, 1.54) is 4.52 Å². The highest BCUT2D eigenvalue weighted by molar-refractivity contribution is 5.69. The Bertz CT molecular complexity index is 1150. The molecule has 0 unspecified atom stereocenters. The van der Waals surface area contributed by atoms with E-state index in [2.05, 4.69) is 10.2 Å². The summed E-state index contributed by atoms with van der Waals surface area (Å²) in [6.07, 6.45) is 0. The van der Waals surface area contributed by atoms with Gasteiger partial charge in [0.25, 0.3) is 5.56 Å². The molecule has 7 nitrogen and oxygen atoms in total. The summed E-state index contributed by atoms with van der Waals surface area (Å²) in [6, 6.07) is 20.3. The van der Waals surface area contributed by atoms with Crippen LogP contribution in [0.15, 0.2) is 71.5 Å². The Morgan fingerprint density at radius 2 is 1.54 bits per heavy atom. The molecule has 0 saturated carbocycles. The smallest absolute Gasteiger partial charge is 0.325 e. The van der Waals surface area contributed by atoms with Crippen LogP contribution in [0.4, 0.5) is 0 Å². The van der Waals surface area contributed by atoms with Crippen LogP contribution in [0, 0.1) is 0 Å². The van der Waals surface area contributed by atoms with Crippen molar-refractivity contribution in [3.05, 3.63) is 77.1 Å². The van der Waals surface area contributed by atoms with E-state index in [9.17, 15) is 9.59 Å². The third-order valence-corrected chi connectivity index (χ3v) is 3.97. The van der Waals surface area contributed by atoms with Crippen molar-refractivity contribution in [1.82, 2.24) is 19.4 Å². The number of benzene rings is 2. The van der Waals surface area contributed by atoms with E-state index in [1.54, 1.807) is 6.07 Å². The molecule has 0 bridgehead atoms. The third-order valence-electron chi connectivity index (χ3n) is 3.97. The largest absolute Gasteiger partial charge is 0.480 e. The van der Waals surface area contributed by atoms with E-state index >= 15 is 0 Å². The number of aliphatic carboxylic acids is 1. The van der Waals surface area contributed by atoms with Gasteiger partial charge in [-0.3, -0.25) is 9.59 Å². The molecular weight excluding hydrogens is 332 g/mol. The molecule has 2 aromatic carbocycles. The molecule has 4 rings (SSSR count). The normalized spacial score (nSPS) is 10.9. The molecule has 2 heterocycles. The molecule has 4 aromatic rings. The standard InChI is InChI=1S/C19H14N4O3/c24-17(25)12-22-19(26)16-11-15(13-7-3-1-4-8-13)20-23(16)18(21-22)14-9-5-2-6-10-14/h1-11H,12H2,(H,24,25). The molecule has 0 aliphatic heterocycles. The predicted molar refractivity (Wildman–Crippen MR) is 95.8 cm³/mol. The Kier molecular flexibility index (Phi) is 3.81. The number of nitrogens with zero attached hydrogens (tertiary/aromatic N) is 4. The number of carbonyl (C=O) groups is 1. The molecule has 0 atom stereocenters. The molecule has 0 saturated heterocycles. The summed E-state index contributed by atoms with van der Waals surface area (Å²) in [7, 11) is 0. The van der Waals surface area contributed by atoms with Gasteiger partial charge in [0.15, 0.2) is 5.82 Å². The lowest BCUT2D eigenvalue weighted by Crippen LogP contribution is -2.29. The van der Waals surface area contributed by atoms with E-state index in [4.69, 9.17) is 5.11 Å². The van der Waals surface area contributed by atoms with Crippen LogP contribution in [0.1, 0.15) is 0 Å². The van der Waals surface area contributed by atoms with Crippen molar-refractivity contribution in [3.8, 4) is 22.6 Å². The summed E-state index contributed by atoms with van der Waals surface area (Å²) in [5.41, 5.74) is 1.99. The average molecular weight is 346 g/mol. The maximum Gasteiger partial charge on any atom is 0.325 e.